The first-order chi connectivity index (χ1) is 8.60. The molecule has 2 aliphatic rings. The van der Waals surface area contributed by atoms with Crippen LogP contribution in [0.2, 0.25) is 0 Å². The lowest BCUT2D eigenvalue weighted by Crippen LogP contribution is -2.51. The molecule has 1 aromatic rings. The average Bonchev–Trinajstić information content (AvgIpc) is 2.32. The third kappa shape index (κ3) is 1.81. The molecule has 0 amide bonds. The predicted octanol–water partition coefficient (Wildman–Crippen LogP) is 2.25. The molecule has 0 radical (unpaired) electrons. The quantitative estimate of drug-likeness (QED) is 0.740. The van der Waals surface area contributed by atoms with Gasteiger partial charge >= 0.3 is 0 Å². The highest BCUT2D eigenvalue weighted by atomic mass is 19.1. The molecule has 0 bridgehead atoms. The molecule has 2 aliphatic heterocycles. The SMILES string of the molecule is Cc1cc(F)cc2c1NC1(CCNCC1)CC2=O. The van der Waals surface area contributed by atoms with Crippen molar-refractivity contribution in [3.05, 3.63) is 29.1 Å². The Kier molecular flexibility index (Phi) is 2.63. The van der Waals surface area contributed by atoms with Crippen molar-refractivity contribution in [1.82, 2.24) is 5.32 Å². The molecule has 3 rings (SSSR count). The second-order valence-corrected chi connectivity index (χ2v) is 5.40. The van der Waals surface area contributed by atoms with E-state index in [1.165, 1.54) is 12.1 Å². The number of halogens is 1. The Bertz CT molecular complexity index is 507. The van der Waals surface area contributed by atoms with E-state index in [-0.39, 0.29) is 17.1 Å². The van der Waals surface area contributed by atoms with Gasteiger partial charge in [0.2, 0.25) is 0 Å². The number of anilines is 1. The number of Topliss-reactive ketones (excluding diaryl/α,β-unsaturated/α-hetero) is 1. The van der Waals surface area contributed by atoms with Gasteiger partial charge in [0, 0.05) is 23.2 Å². The topological polar surface area (TPSA) is 41.1 Å². The summed E-state index contributed by atoms with van der Waals surface area (Å²) in [5.41, 5.74) is 2.03. The minimum Gasteiger partial charge on any atom is -0.378 e. The molecular weight excluding hydrogens is 231 g/mol. The molecule has 2 N–H and O–H groups in total. The van der Waals surface area contributed by atoms with Crippen molar-refractivity contribution in [3.63, 3.8) is 0 Å². The number of hydrogen-bond donors (Lipinski definition) is 2. The summed E-state index contributed by atoms with van der Waals surface area (Å²) < 4.78 is 13.4. The summed E-state index contributed by atoms with van der Waals surface area (Å²) in [7, 11) is 0. The summed E-state index contributed by atoms with van der Waals surface area (Å²) in [6, 6.07) is 2.84. The molecular formula is C14H17FN2O. The molecule has 96 valence electrons. The molecule has 0 atom stereocenters. The Hall–Kier alpha value is -1.42. The Morgan fingerprint density at radius 1 is 1.28 bits per heavy atom. The van der Waals surface area contributed by atoms with E-state index >= 15 is 0 Å². The summed E-state index contributed by atoms with van der Waals surface area (Å²) in [6.45, 7) is 3.70. The van der Waals surface area contributed by atoms with E-state index in [0.29, 0.717) is 12.0 Å². The van der Waals surface area contributed by atoms with Crippen LogP contribution in [-0.4, -0.2) is 24.4 Å². The lowest BCUT2D eigenvalue weighted by molar-refractivity contribution is 0.0937. The molecule has 1 spiro atoms. The van der Waals surface area contributed by atoms with E-state index in [4.69, 9.17) is 0 Å². The van der Waals surface area contributed by atoms with Gasteiger partial charge in [-0.3, -0.25) is 4.79 Å². The highest BCUT2D eigenvalue weighted by Gasteiger charge is 2.39. The second-order valence-electron chi connectivity index (χ2n) is 5.40. The predicted molar refractivity (Wildman–Crippen MR) is 68.5 cm³/mol. The van der Waals surface area contributed by atoms with E-state index < -0.39 is 0 Å². The van der Waals surface area contributed by atoms with Crippen LogP contribution in [0.15, 0.2) is 12.1 Å². The number of rotatable bonds is 0. The van der Waals surface area contributed by atoms with E-state index in [1.807, 2.05) is 6.92 Å². The summed E-state index contributed by atoms with van der Waals surface area (Å²) in [6.07, 6.45) is 2.36. The van der Waals surface area contributed by atoms with Crippen LogP contribution >= 0.6 is 0 Å². The third-order valence-corrected chi connectivity index (χ3v) is 4.05. The largest absolute Gasteiger partial charge is 0.378 e. The first-order valence-electron chi connectivity index (χ1n) is 6.42. The van der Waals surface area contributed by atoms with Crippen LogP contribution in [0.3, 0.4) is 0 Å². The van der Waals surface area contributed by atoms with Gasteiger partial charge in [0.25, 0.3) is 0 Å². The van der Waals surface area contributed by atoms with E-state index in [0.717, 1.165) is 37.2 Å². The number of nitrogens with one attached hydrogen (secondary N) is 2. The summed E-state index contributed by atoms with van der Waals surface area (Å²) in [4.78, 5) is 12.2. The lowest BCUT2D eigenvalue weighted by Gasteiger charge is -2.42. The molecule has 1 aromatic carbocycles. The van der Waals surface area contributed by atoms with E-state index in [1.54, 1.807) is 0 Å². The van der Waals surface area contributed by atoms with Gasteiger partial charge in [0.05, 0.1) is 0 Å². The molecule has 2 heterocycles. The summed E-state index contributed by atoms with van der Waals surface area (Å²) in [5.74, 6) is -0.268. The molecule has 0 unspecified atom stereocenters. The molecule has 4 heteroatoms. The number of carbonyl (C=O) groups excluding carboxylic acids is 1. The summed E-state index contributed by atoms with van der Waals surface area (Å²) in [5, 5.41) is 6.82. The number of piperidine rings is 1. The maximum Gasteiger partial charge on any atom is 0.167 e. The van der Waals surface area contributed by atoms with Crippen LogP contribution < -0.4 is 10.6 Å². The molecule has 3 nitrogen and oxygen atoms in total. The van der Waals surface area contributed by atoms with Gasteiger partial charge in [0.1, 0.15) is 5.82 Å². The normalized spacial score (nSPS) is 21.6. The highest BCUT2D eigenvalue weighted by Crippen LogP contribution is 2.38. The van der Waals surface area contributed by atoms with Crippen LogP contribution in [0.25, 0.3) is 0 Å². The minimum absolute atomic E-state index is 0.0632. The third-order valence-electron chi connectivity index (χ3n) is 4.05. The van der Waals surface area contributed by atoms with Crippen molar-refractivity contribution in [2.24, 2.45) is 0 Å². The first kappa shape index (κ1) is 11.7. The molecule has 1 saturated heterocycles. The molecule has 0 saturated carbocycles. The van der Waals surface area contributed by atoms with Crippen LogP contribution in [-0.2, 0) is 0 Å². The number of fused-ring (bicyclic) bond motifs is 1. The van der Waals surface area contributed by atoms with E-state index in [9.17, 15) is 9.18 Å². The standard InChI is InChI=1S/C14H17FN2O/c1-9-6-10(15)7-11-12(18)8-14(17-13(9)11)2-4-16-5-3-14/h6-7,16-17H,2-5,8H2,1H3. The van der Waals surface area contributed by atoms with Gasteiger partial charge in [-0.25, -0.2) is 4.39 Å². The Morgan fingerprint density at radius 2 is 2.00 bits per heavy atom. The zero-order chi connectivity index (χ0) is 12.8. The highest BCUT2D eigenvalue weighted by molar-refractivity contribution is 6.04. The maximum absolute atomic E-state index is 13.4. The van der Waals surface area contributed by atoms with Crippen molar-refractivity contribution in [2.45, 2.75) is 31.7 Å². The van der Waals surface area contributed by atoms with Crippen LogP contribution in [0, 0.1) is 12.7 Å². The van der Waals surface area contributed by atoms with Crippen molar-refractivity contribution in [2.75, 3.05) is 18.4 Å². The first-order valence-corrected chi connectivity index (χ1v) is 6.42. The fourth-order valence-electron chi connectivity index (χ4n) is 3.05. The molecule has 0 aromatic heterocycles. The maximum atomic E-state index is 13.4. The zero-order valence-corrected chi connectivity index (χ0v) is 10.5. The Balaban J connectivity index is 2.04. The van der Waals surface area contributed by atoms with Crippen molar-refractivity contribution >= 4 is 11.5 Å². The van der Waals surface area contributed by atoms with Gasteiger partial charge in [-0.15, -0.1) is 0 Å². The van der Waals surface area contributed by atoms with Crippen LogP contribution in [0.5, 0.6) is 0 Å². The molecule has 1 fully saturated rings. The minimum atomic E-state index is -0.331. The van der Waals surface area contributed by atoms with Crippen LogP contribution in [0.4, 0.5) is 10.1 Å². The fraction of sp³-hybridized carbons (Fsp3) is 0.500. The Morgan fingerprint density at radius 3 is 2.72 bits per heavy atom. The number of benzene rings is 1. The smallest absolute Gasteiger partial charge is 0.167 e. The monoisotopic (exact) mass is 248 g/mol. The average molecular weight is 248 g/mol. The van der Waals surface area contributed by atoms with Crippen molar-refractivity contribution < 1.29 is 9.18 Å². The van der Waals surface area contributed by atoms with E-state index in [2.05, 4.69) is 10.6 Å². The number of hydrogen-bond acceptors (Lipinski definition) is 3. The lowest BCUT2D eigenvalue weighted by atomic mass is 9.78. The van der Waals surface area contributed by atoms with Crippen molar-refractivity contribution in [1.29, 1.82) is 0 Å². The number of ketones is 1. The summed E-state index contributed by atoms with van der Waals surface area (Å²) >= 11 is 0. The Labute approximate surface area is 106 Å². The van der Waals surface area contributed by atoms with Crippen LogP contribution in [0.1, 0.15) is 35.2 Å². The van der Waals surface area contributed by atoms with Crippen molar-refractivity contribution in [3.8, 4) is 0 Å². The molecule has 0 aliphatic carbocycles. The second kappa shape index (κ2) is 4.05. The van der Waals surface area contributed by atoms with Gasteiger partial charge in [-0.2, -0.15) is 0 Å². The fourth-order valence-corrected chi connectivity index (χ4v) is 3.05. The van der Waals surface area contributed by atoms with Gasteiger partial charge < -0.3 is 10.6 Å². The van der Waals surface area contributed by atoms with Gasteiger partial charge in [-0.05, 0) is 50.6 Å². The zero-order valence-electron chi connectivity index (χ0n) is 10.5. The number of carbonyl (C=O) groups is 1. The molecule has 18 heavy (non-hydrogen) atoms. The van der Waals surface area contributed by atoms with Gasteiger partial charge in [-0.1, -0.05) is 0 Å². The number of aryl methyl sites for hydroxylation is 1. The van der Waals surface area contributed by atoms with Gasteiger partial charge in [0.15, 0.2) is 5.78 Å².